The van der Waals surface area contributed by atoms with E-state index in [9.17, 15) is 0 Å². The predicted molar refractivity (Wildman–Crippen MR) is 247 cm³/mol. The third-order valence-corrected chi connectivity index (χ3v) is 12.6. The molecule has 0 atom stereocenters. The Kier molecular flexibility index (Phi) is 6.46. The van der Waals surface area contributed by atoms with Gasteiger partial charge in [0.1, 0.15) is 22.3 Å². The molecule has 14 rings (SSSR count). The van der Waals surface area contributed by atoms with Gasteiger partial charge in [0.25, 0.3) is 0 Å². The maximum Gasteiger partial charge on any atom is 0.238 e. The summed E-state index contributed by atoms with van der Waals surface area (Å²) in [7, 11) is 0. The molecule has 6 heteroatoms. The fraction of sp³-hybridized carbons (Fsp3) is 0. The summed E-state index contributed by atoms with van der Waals surface area (Å²) in [5, 5.41) is 9.05. The Morgan fingerprint density at radius 1 is 0.311 bits per heavy atom. The summed E-state index contributed by atoms with van der Waals surface area (Å²) >= 11 is 0. The second kappa shape index (κ2) is 12.1. The van der Waals surface area contributed by atoms with E-state index in [1.807, 2.05) is 60.7 Å². The number of benzene rings is 9. The van der Waals surface area contributed by atoms with Crippen molar-refractivity contribution in [3.63, 3.8) is 0 Å². The highest BCUT2D eigenvalue weighted by Gasteiger charge is 2.27. The van der Waals surface area contributed by atoms with Crippen molar-refractivity contribution in [3.8, 4) is 62.1 Å². The summed E-state index contributed by atoms with van der Waals surface area (Å²) in [5.74, 6) is 1.73. The van der Waals surface area contributed by atoms with Crippen LogP contribution in [0.15, 0.2) is 191 Å². The molecule has 0 spiro atoms. The molecule has 1 aliphatic carbocycles. The first-order valence-corrected chi connectivity index (χ1v) is 20.5. The van der Waals surface area contributed by atoms with Gasteiger partial charge in [-0.1, -0.05) is 121 Å². The number of aromatic nitrogens is 4. The zero-order valence-corrected chi connectivity index (χ0v) is 32.4. The Balaban J connectivity index is 1.07. The lowest BCUT2D eigenvalue weighted by atomic mass is 9.96. The highest BCUT2D eigenvalue weighted by molar-refractivity contribution is 6.29. The number of nitrogens with zero attached hydrogens (tertiary/aromatic N) is 4. The molecule has 0 unspecified atom stereocenters. The number of hydrogen-bond donors (Lipinski definition) is 0. The lowest BCUT2D eigenvalue weighted by Crippen LogP contribution is -2.06. The van der Waals surface area contributed by atoms with Gasteiger partial charge < -0.3 is 8.83 Å². The number of rotatable bonds is 4. The molecule has 0 bridgehead atoms. The van der Waals surface area contributed by atoms with Crippen LogP contribution in [0.3, 0.4) is 0 Å². The van der Waals surface area contributed by atoms with Crippen molar-refractivity contribution in [1.82, 2.24) is 19.5 Å². The van der Waals surface area contributed by atoms with Crippen LogP contribution in [0.5, 0.6) is 0 Å². The Hall–Kier alpha value is -8.35. The molecule has 61 heavy (non-hydrogen) atoms. The molecular formula is C55H30N4O2. The minimum atomic E-state index is 0.550. The van der Waals surface area contributed by atoms with E-state index in [1.54, 1.807) is 0 Å². The van der Waals surface area contributed by atoms with Crippen molar-refractivity contribution < 1.29 is 8.83 Å². The van der Waals surface area contributed by atoms with E-state index in [-0.39, 0.29) is 0 Å². The van der Waals surface area contributed by atoms with Crippen molar-refractivity contribution in [2.24, 2.45) is 0 Å². The SMILES string of the molecule is c1ccc(-c2nc(-c3ccc4oc5ccccc5c4c3)nc(-n3c4ccc(-c5ccc6oc7ccccc7c6c5)cc4c4c5cccc6c5c(cc43)-c3ccccc3-6)n2)cc1. The Morgan fingerprint density at radius 3 is 1.59 bits per heavy atom. The molecule has 6 nitrogen and oxygen atoms in total. The summed E-state index contributed by atoms with van der Waals surface area (Å²) in [5.41, 5.74) is 14.5. The minimum absolute atomic E-state index is 0.550. The van der Waals surface area contributed by atoms with Gasteiger partial charge in [0.05, 0.1) is 11.0 Å². The van der Waals surface area contributed by atoms with E-state index in [1.165, 1.54) is 33.0 Å². The first-order chi connectivity index (χ1) is 30.2. The van der Waals surface area contributed by atoms with Crippen LogP contribution in [0.1, 0.15) is 0 Å². The van der Waals surface area contributed by atoms with E-state index in [2.05, 4.69) is 126 Å². The molecule has 282 valence electrons. The van der Waals surface area contributed by atoms with Gasteiger partial charge in [0.15, 0.2) is 11.6 Å². The fourth-order valence-corrected chi connectivity index (χ4v) is 9.86. The third kappa shape index (κ3) is 4.64. The molecule has 0 saturated heterocycles. The van der Waals surface area contributed by atoms with Crippen LogP contribution >= 0.6 is 0 Å². The van der Waals surface area contributed by atoms with Crippen LogP contribution in [0.2, 0.25) is 0 Å². The number of fused-ring (bicyclic) bond motifs is 13. The molecule has 0 amide bonds. The van der Waals surface area contributed by atoms with E-state index < -0.39 is 0 Å². The average molecular weight is 779 g/mol. The smallest absolute Gasteiger partial charge is 0.238 e. The number of furan rings is 2. The number of para-hydroxylation sites is 2. The van der Waals surface area contributed by atoms with E-state index >= 15 is 0 Å². The van der Waals surface area contributed by atoms with Crippen LogP contribution in [0.4, 0.5) is 0 Å². The summed E-state index contributed by atoms with van der Waals surface area (Å²) in [6.45, 7) is 0. The first kappa shape index (κ1) is 32.6. The molecule has 0 aliphatic heterocycles. The molecule has 9 aromatic carbocycles. The summed E-state index contributed by atoms with van der Waals surface area (Å²) < 4.78 is 14.7. The molecule has 4 heterocycles. The van der Waals surface area contributed by atoms with Gasteiger partial charge in [-0.3, -0.25) is 4.57 Å². The molecular weight excluding hydrogens is 749 g/mol. The Bertz CT molecular complexity index is 4010. The highest BCUT2D eigenvalue weighted by Crippen LogP contribution is 2.51. The zero-order valence-electron chi connectivity index (χ0n) is 32.4. The van der Waals surface area contributed by atoms with Crippen LogP contribution < -0.4 is 0 Å². The highest BCUT2D eigenvalue weighted by atomic mass is 16.3. The van der Waals surface area contributed by atoms with Gasteiger partial charge in [0, 0.05) is 43.4 Å². The first-order valence-electron chi connectivity index (χ1n) is 20.5. The Morgan fingerprint density at radius 2 is 0.852 bits per heavy atom. The molecule has 0 radical (unpaired) electrons. The van der Waals surface area contributed by atoms with Crippen molar-refractivity contribution in [2.45, 2.75) is 0 Å². The van der Waals surface area contributed by atoms with Gasteiger partial charge in [-0.05, 0) is 105 Å². The van der Waals surface area contributed by atoms with E-state index in [0.717, 1.165) is 87.9 Å². The Labute approximate surface area is 347 Å². The van der Waals surface area contributed by atoms with E-state index in [0.29, 0.717) is 17.6 Å². The summed E-state index contributed by atoms with van der Waals surface area (Å²) in [4.78, 5) is 15.8. The van der Waals surface area contributed by atoms with Crippen molar-refractivity contribution in [2.75, 3.05) is 0 Å². The van der Waals surface area contributed by atoms with Gasteiger partial charge in [-0.15, -0.1) is 0 Å². The van der Waals surface area contributed by atoms with Gasteiger partial charge in [-0.25, -0.2) is 4.98 Å². The molecule has 0 N–H and O–H groups in total. The minimum Gasteiger partial charge on any atom is -0.456 e. The normalized spacial score (nSPS) is 12.3. The molecule has 4 aromatic heterocycles. The maximum atomic E-state index is 6.22. The van der Waals surface area contributed by atoms with E-state index in [4.69, 9.17) is 23.8 Å². The fourth-order valence-electron chi connectivity index (χ4n) is 9.86. The van der Waals surface area contributed by atoms with Crippen LogP contribution in [0.25, 0.3) is 139 Å². The van der Waals surface area contributed by atoms with Gasteiger partial charge in [-0.2, -0.15) is 9.97 Å². The molecule has 0 saturated carbocycles. The van der Waals surface area contributed by atoms with Crippen molar-refractivity contribution in [1.29, 1.82) is 0 Å². The molecule has 0 fully saturated rings. The second-order valence-electron chi connectivity index (χ2n) is 15.9. The standard InChI is InChI=1S/C55H30N4O2/c1-2-11-31(12-3-1)53-56-54(34-23-26-50-42(29-34)38-16-7-9-20-48(38)61-50)58-55(57-53)59-45-24-21-32(33-22-25-49-41(27-33)37-15-6-8-19-47(37)60-49)28-44(45)52-40-18-10-17-39-35-13-4-5-14-36(35)43(51(39)40)30-46(52)59/h1-30H. The van der Waals surface area contributed by atoms with Crippen molar-refractivity contribution >= 4 is 76.5 Å². The predicted octanol–water partition coefficient (Wildman–Crippen LogP) is 14.6. The van der Waals surface area contributed by atoms with Crippen molar-refractivity contribution in [3.05, 3.63) is 182 Å². The monoisotopic (exact) mass is 778 g/mol. The molecule has 1 aliphatic rings. The lowest BCUT2D eigenvalue weighted by molar-refractivity contribution is 0.668. The third-order valence-electron chi connectivity index (χ3n) is 12.6. The van der Waals surface area contributed by atoms with Gasteiger partial charge in [0.2, 0.25) is 5.95 Å². The zero-order chi connectivity index (χ0) is 39.8. The topological polar surface area (TPSA) is 69.9 Å². The van der Waals surface area contributed by atoms with Crippen LogP contribution in [-0.2, 0) is 0 Å². The van der Waals surface area contributed by atoms with Crippen LogP contribution in [-0.4, -0.2) is 19.5 Å². The van der Waals surface area contributed by atoms with Gasteiger partial charge >= 0.3 is 0 Å². The number of hydrogen-bond acceptors (Lipinski definition) is 5. The summed E-state index contributed by atoms with van der Waals surface area (Å²) in [6.07, 6.45) is 0. The quantitative estimate of drug-likeness (QED) is 0.178. The average Bonchev–Trinajstić information content (AvgIpc) is 4.07. The maximum absolute atomic E-state index is 6.22. The largest absolute Gasteiger partial charge is 0.456 e. The molecule has 13 aromatic rings. The van der Waals surface area contributed by atoms with Crippen LogP contribution in [0, 0.1) is 0 Å². The summed E-state index contributed by atoms with van der Waals surface area (Å²) in [6, 6.07) is 63.9. The second-order valence-corrected chi connectivity index (χ2v) is 15.9. The lowest BCUT2D eigenvalue weighted by Gasteiger charge is -2.12.